The summed E-state index contributed by atoms with van der Waals surface area (Å²) in [5.41, 5.74) is 2.72. The lowest BCUT2D eigenvalue weighted by molar-refractivity contribution is -0.117. The van der Waals surface area contributed by atoms with Crippen molar-refractivity contribution in [1.82, 2.24) is 5.32 Å². The Balaban J connectivity index is 1.68. The third-order valence-electron chi connectivity index (χ3n) is 4.28. The number of nitrogens with zero attached hydrogens (tertiary/aromatic N) is 1. The lowest BCUT2D eigenvalue weighted by atomic mass is 9.91. The van der Waals surface area contributed by atoms with E-state index in [9.17, 15) is 9.59 Å². The van der Waals surface area contributed by atoms with Crippen molar-refractivity contribution in [2.75, 3.05) is 18.0 Å². The molecule has 2 aromatic rings. The second-order valence-corrected chi connectivity index (χ2v) is 5.84. The molecular formula is C19H20N2O2. The van der Waals surface area contributed by atoms with Gasteiger partial charge < -0.3 is 10.2 Å². The summed E-state index contributed by atoms with van der Waals surface area (Å²) in [5, 5.41) is 2.71. The molecule has 0 aromatic heterocycles. The summed E-state index contributed by atoms with van der Waals surface area (Å²) < 4.78 is 0. The molecule has 4 nitrogen and oxygen atoms in total. The van der Waals surface area contributed by atoms with Crippen LogP contribution in [0.2, 0.25) is 0 Å². The molecule has 1 atom stereocenters. The van der Waals surface area contributed by atoms with Crippen molar-refractivity contribution in [3.8, 4) is 0 Å². The van der Waals surface area contributed by atoms with Gasteiger partial charge in [0.2, 0.25) is 5.91 Å². The van der Waals surface area contributed by atoms with Crippen molar-refractivity contribution >= 4 is 17.5 Å². The Labute approximate surface area is 136 Å². The van der Waals surface area contributed by atoms with Crippen molar-refractivity contribution < 1.29 is 9.59 Å². The number of nitrogens with one attached hydrogen (secondary N) is 1. The summed E-state index contributed by atoms with van der Waals surface area (Å²) in [7, 11) is 0. The average Bonchev–Trinajstić information content (AvgIpc) is 2.60. The number of para-hydroxylation sites is 1. The number of fused-ring (bicyclic) bond motifs is 1. The molecule has 1 N–H and O–H groups in total. The number of carbonyl (C=O) groups is 2. The Bertz CT molecular complexity index is 712. The van der Waals surface area contributed by atoms with E-state index >= 15 is 0 Å². The Kier molecular flexibility index (Phi) is 4.42. The van der Waals surface area contributed by atoms with Crippen LogP contribution in [0.3, 0.4) is 0 Å². The molecular weight excluding hydrogens is 288 g/mol. The molecule has 0 radical (unpaired) electrons. The molecule has 0 fully saturated rings. The van der Waals surface area contributed by atoms with Crippen molar-refractivity contribution in [3.63, 3.8) is 0 Å². The zero-order valence-corrected chi connectivity index (χ0v) is 13.2. The van der Waals surface area contributed by atoms with Gasteiger partial charge in [-0.2, -0.15) is 0 Å². The summed E-state index contributed by atoms with van der Waals surface area (Å²) in [6, 6.07) is 16.9. The topological polar surface area (TPSA) is 49.4 Å². The van der Waals surface area contributed by atoms with Crippen LogP contribution in [-0.2, 0) is 4.79 Å². The highest BCUT2D eigenvalue weighted by atomic mass is 16.2. The molecule has 0 spiro atoms. The van der Waals surface area contributed by atoms with Gasteiger partial charge in [0, 0.05) is 17.8 Å². The third-order valence-corrected chi connectivity index (χ3v) is 4.28. The molecule has 2 aromatic carbocycles. The van der Waals surface area contributed by atoms with Crippen molar-refractivity contribution in [3.05, 3.63) is 65.7 Å². The summed E-state index contributed by atoms with van der Waals surface area (Å²) in [4.78, 5) is 26.3. The highest BCUT2D eigenvalue weighted by Crippen LogP contribution is 2.34. The zero-order chi connectivity index (χ0) is 16.2. The molecule has 1 unspecified atom stereocenters. The van der Waals surface area contributed by atoms with E-state index in [1.54, 1.807) is 29.2 Å². The maximum absolute atomic E-state index is 12.5. The van der Waals surface area contributed by atoms with Crippen LogP contribution in [0.4, 0.5) is 5.69 Å². The minimum absolute atomic E-state index is 0.0104. The SMILES string of the molecule is CC1CCN(C(=O)CNC(=O)c2ccccc2)c2ccccc21. The van der Waals surface area contributed by atoms with Gasteiger partial charge >= 0.3 is 0 Å². The van der Waals surface area contributed by atoms with Crippen LogP contribution in [0.1, 0.15) is 35.2 Å². The van der Waals surface area contributed by atoms with Crippen LogP contribution in [0.25, 0.3) is 0 Å². The van der Waals surface area contributed by atoms with Gasteiger partial charge in [-0.1, -0.05) is 43.3 Å². The van der Waals surface area contributed by atoms with E-state index in [4.69, 9.17) is 0 Å². The van der Waals surface area contributed by atoms with Crippen molar-refractivity contribution in [2.24, 2.45) is 0 Å². The molecule has 4 heteroatoms. The average molecular weight is 308 g/mol. The second kappa shape index (κ2) is 6.65. The van der Waals surface area contributed by atoms with Gasteiger partial charge in [0.25, 0.3) is 5.91 Å². The van der Waals surface area contributed by atoms with E-state index in [1.165, 1.54) is 5.56 Å². The summed E-state index contributed by atoms with van der Waals surface area (Å²) in [5.74, 6) is 0.153. The van der Waals surface area contributed by atoms with E-state index in [-0.39, 0.29) is 18.4 Å². The Hall–Kier alpha value is -2.62. The van der Waals surface area contributed by atoms with Gasteiger partial charge in [0.15, 0.2) is 0 Å². The van der Waals surface area contributed by atoms with E-state index in [0.717, 1.165) is 12.1 Å². The lowest BCUT2D eigenvalue weighted by Gasteiger charge is -2.33. The van der Waals surface area contributed by atoms with Gasteiger partial charge in [-0.15, -0.1) is 0 Å². The Morgan fingerprint density at radius 1 is 1.09 bits per heavy atom. The minimum Gasteiger partial charge on any atom is -0.343 e. The maximum Gasteiger partial charge on any atom is 0.251 e. The normalized spacial score (nSPS) is 16.6. The lowest BCUT2D eigenvalue weighted by Crippen LogP contribution is -2.43. The fourth-order valence-electron chi connectivity index (χ4n) is 2.95. The molecule has 1 aliphatic rings. The molecule has 0 bridgehead atoms. The monoisotopic (exact) mass is 308 g/mol. The summed E-state index contributed by atoms with van der Waals surface area (Å²) in [6.07, 6.45) is 0.940. The molecule has 23 heavy (non-hydrogen) atoms. The van der Waals surface area contributed by atoms with Crippen LogP contribution in [-0.4, -0.2) is 24.9 Å². The smallest absolute Gasteiger partial charge is 0.251 e. The Morgan fingerprint density at radius 3 is 2.57 bits per heavy atom. The molecule has 0 aliphatic carbocycles. The molecule has 1 aliphatic heterocycles. The van der Waals surface area contributed by atoms with E-state index < -0.39 is 0 Å². The Morgan fingerprint density at radius 2 is 1.78 bits per heavy atom. The molecule has 1 heterocycles. The maximum atomic E-state index is 12.5. The first-order chi connectivity index (χ1) is 11.2. The van der Waals surface area contributed by atoms with Gasteiger partial charge in [-0.3, -0.25) is 9.59 Å². The number of hydrogen-bond acceptors (Lipinski definition) is 2. The number of carbonyl (C=O) groups excluding carboxylic acids is 2. The molecule has 2 amide bonds. The standard InChI is InChI=1S/C19H20N2O2/c1-14-11-12-21(17-10-6-5-9-16(14)17)18(22)13-20-19(23)15-7-3-2-4-8-15/h2-10,14H,11-13H2,1H3,(H,20,23). The van der Waals surface area contributed by atoms with E-state index in [0.29, 0.717) is 18.0 Å². The first-order valence-corrected chi connectivity index (χ1v) is 7.89. The zero-order valence-electron chi connectivity index (χ0n) is 13.2. The number of anilines is 1. The number of rotatable bonds is 3. The van der Waals surface area contributed by atoms with Crippen LogP contribution < -0.4 is 10.2 Å². The van der Waals surface area contributed by atoms with Crippen LogP contribution in [0.5, 0.6) is 0 Å². The fourth-order valence-corrected chi connectivity index (χ4v) is 2.95. The first kappa shape index (κ1) is 15.3. The second-order valence-electron chi connectivity index (χ2n) is 5.84. The van der Waals surface area contributed by atoms with E-state index in [1.807, 2.05) is 24.3 Å². The van der Waals surface area contributed by atoms with Crippen molar-refractivity contribution in [2.45, 2.75) is 19.3 Å². The van der Waals surface area contributed by atoms with Gasteiger partial charge in [0.1, 0.15) is 0 Å². The molecule has 118 valence electrons. The largest absolute Gasteiger partial charge is 0.343 e. The first-order valence-electron chi connectivity index (χ1n) is 7.89. The van der Waals surface area contributed by atoms with Crippen LogP contribution >= 0.6 is 0 Å². The van der Waals surface area contributed by atoms with Crippen LogP contribution in [0, 0.1) is 0 Å². The fraction of sp³-hybridized carbons (Fsp3) is 0.263. The summed E-state index contributed by atoms with van der Waals surface area (Å²) in [6.45, 7) is 2.88. The number of hydrogen-bond donors (Lipinski definition) is 1. The summed E-state index contributed by atoms with van der Waals surface area (Å²) >= 11 is 0. The highest BCUT2D eigenvalue weighted by molar-refractivity contribution is 6.01. The van der Waals surface area contributed by atoms with Gasteiger partial charge in [0.05, 0.1) is 6.54 Å². The third kappa shape index (κ3) is 3.26. The molecule has 3 rings (SSSR count). The molecule has 0 saturated heterocycles. The van der Waals surface area contributed by atoms with Gasteiger partial charge in [-0.05, 0) is 36.1 Å². The van der Waals surface area contributed by atoms with Crippen LogP contribution in [0.15, 0.2) is 54.6 Å². The predicted octanol–water partition coefficient (Wildman–Crippen LogP) is 2.96. The predicted molar refractivity (Wildman–Crippen MR) is 90.6 cm³/mol. The quantitative estimate of drug-likeness (QED) is 0.947. The van der Waals surface area contributed by atoms with Gasteiger partial charge in [-0.25, -0.2) is 0 Å². The highest BCUT2D eigenvalue weighted by Gasteiger charge is 2.26. The van der Waals surface area contributed by atoms with Crippen molar-refractivity contribution in [1.29, 1.82) is 0 Å². The minimum atomic E-state index is -0.224. The molecule has 0 saturated carbocycles. The number of benzene rings is 2. The number of amides is 2. The van der Waals surface area contributed by atoms with E-state index in [2.05, 4.69) is 18.3 Å².